The Morgan fingerprint density at radius 2 is 1.45 bits per heavy atom. The van der Waals surface area contributed by atoms with Crippen molar-refractivity contribution in [3.05, 3.63) is 112 Å². The quantitative estimate of drug-likeness (QED) is 0.194. The molecular formula is C29H27Cl2N3O6S2. The molecule has 0 aromatic heterocycles. The number of hydrogen-bond donors (Lipinski definition) is 2. The summed E-state index contributed by atoms with van der Waals surface area (Å²) in [4.78, 5) is 12.8. The first-order valence-corrected chi connectivity index (χ1v) is 16.6. The van der Waals surface area contributed by atoms with Crippen molar-refractivity contribution in [3.8, 4) is 5.75 Å². The summed E-state index contributed by atoms with van der Waals surface area (Å²) in [7, 11) is -7.55. The number of anilines is 3. The molecule has 9 nitrogen and oxygen atoms in total. The number of amides is 1. The second kappa shape index (κ2) is 13.0. The number of benzene rings is 4. The van der Waals surface area contributed by atoms with Crippen LogP contribution >= 0.6 is 23.2 Å². The number of sulfonamides is 2. The summed E-state index contributed by atoms with van der Waals surface area (Å²) < 4.78 is 59.6. The Morgan fingerprint density at radius 1 is 0.833 bits per heavy atom. The molecule has 13 heteroatoms. The Morgan fingerprint density at radius 3 is 2.05 bits per heavy atom. The second-order valence-corrected chi connectivity index (χ2v) is 13.5. The first-order valence-electron chi connectivity index (χ1n) is 12.5. The van der Waals surface area contributed by atoms with E-state index in [0.717, 1.165) is 10.6 Å². The summed E-state index contributed by atoms with van der Waals surface area (Å²) >= 11 is 12.3. The first kappa shape index (κ1) is 31.2. The monoisotopic (exact) mass is 647 g/mol. The minimum Gasteiger partial charge on any atom is -0.494 e. The highest BCUT2D eigenvalue weighted by atomic mass is 35.5. The minimum atomic E-state index is -3.85. The topological polar surface area (TPSA) is 122 Å². The van der Waals surface area contributed by atoms with Crippen molar-refractivity contribution in [2.75, 3.05) is 27.2 Å². The summed E-state index contributed by atoms with van der Waals surface area (Å²) in [6.45, 7) is 2.34. The summed E-state index contributed by atoms with van der Waals surface area (Å²) in [5.74, 6) is 0.205. The van der Waals surface area contributed by atoms with Gasteiger partial charge in [-0.2, -0.15) is 0 Å². The smallest absolute Gasteiger partial charge is 0.261 e. The van der Waals surface area contributed by atoms with E-state index < -0.39 is 26.0 Å². The van der Waals surface area contributed by atoms with Crippen LogP contribution in [-0.2, 0) is 26.6 Å². The number of ether oxygens (including phenoxy) is 1. The van der Waals surface area contributed by atoms with Gasteiger partial charge < -0.3 is 10.1 Å². The van der Waals surface area contributed by atoms with Crippen LogP contribution in [0.25, 0.3) is 0 Å². The van der Waals surface area contributed by atoms with Crippen molar-refractivity contribution >= 4 is 66.2 Å². The lowest BCUT2D eigenvalue weighted by Gasteiger charge is -2.24. The molecule has 4 aromatic carbocycles. The summed E-state index contributed by atoms with van der Waals surface area (Å²) in [6.07, 6.45) is 1.07. The lowest BCUT2D eigenvalue weighted by atomic mass is 10.1. The molecule has 0 atom stereocenters. The third-order valence-corrected chi connectivity index (χ3v) is 9.32. The van der Waals surface area contributed by atoms with E-state index in [0.29, 0.717) is 34.9 Å². The van der Waals surface area contributed by atoms with Gasteiger partial charge >= 0.3 is 0 Å². The highest BCUT2D eigenvalue weighted by molar-refractivity contribution is 7.92. The van der Waals surface area contributed by atoms with E-state index in [2.05, 4.69) is 10.0 Å². The molecule has 0 bridgehead atoms. The van der Waals surface area contributed by atoms with Crippen molar-refractivity contribution in [1.82, 2.24) is 0 Å². The Labute approximate surface area is 255 Å². The molecule has 0 aliphatic carbocycles. The van der Waals surface area contributed by atoms with Crippen molar-refractivity contribution in [2.45, 2.75) is 18.4 Å². The molecule has 220 valence electrons. The van der Waals surface area contributed by atoms with Crippen LogP contribution in [-0.4, -0.2) is 35.6 Å². The zero-order chi connectivity index (χ0) is 30.5. The van der Waals surface area contributed by atoms with Crippen molar-refractivity contribution in [2.24, 2.45) is 0 Å². The predicted molar refractivity (Wildman–Crippen MR) is 167 cm³/mol. The molecule has 0 heterocycles. The van der Waals surface area contributed by atoms with Crippen LogP contribution in [0.2, 0.25) is 10.0 Å². The van der Waals surface area contributed by atoms with E-state index in [-0.39, 0.29) is 27.2 Å². The number of hydrogen-bond acceptors (Lipinski definition) is 6. The number of carbonyl (C=O) groups excluding carboxylic acids is 1. The Bertz CT molecular complexity index is 1780. The summed E-state index contributed by atoms with van der Waals surface area (Å²) in [6, 6.07) is 23.4. The number of nitrogens with one attached hydrogen (secondary N) is 2. The van der Waals surface area contributed by atoms with Gasteiger partial charge in [0, 0.05) is 16.9 Å². The third kappa shape index (κ3) is 7.74. The summed E-state index contributed by atoms with van der Waals surface area (Å²) in [5, 5.41) is 3.07. The van der Waals surface area contributed by atoms with Gasteiger partial charge in [-0.05, 0) is 85.3 Å². The van der Waals surface area contributed by atoms with Crippen LogP contribution in [0, 0.1) is 0 Å². The van der Waals surface area contributed by atoms with Gasteiger partial charge in [0.15, 0.2) is 0 Å². The van der Waals surface area contributed by atoms with E-state index in [1.165, 1.54) is 24.3 Å². The molecular weight excluding hydrogens is 621 g/mol. The second-order valence-electron chi connectivity index (χ2n) is 9.08. The largest absolute Gasteiger partial charge is 0.494 e. The van der Waals surface area contributed by atoms with E-state index in [4.69, 9.17) is 27.9 Å². The SMILES string of the molecule is CCOc1ccc(NS(=O)(=O)c2ccc(NC(=O)c3ccc(CN(c4cccc(Cl)c4Cl)S(C)(=O)=O)cc3)cc2)cc1. The zero-order valence-corrected chi connectivity index (χ0v) is 25.7. The van der Waals surface area contributed by atoms with E-state index in [9.17, 15) is 21.6 Å². The van der Waals surface area contributed by atoms with Gasteiger partial charge in [0.2, 0.25) is 10.0 Å². The molecule has 0 unspecified atom stereocenters. The van der Waals surface area contributed by atoms with Gasteiger partial charge in [0.05, 0.1) is 40.0 Å². The summed E-state index contributed by atoms with van der Waals surface area (Å²) in [5.41, 5.74) is 1.95. The molecule has 4 aromatic rings. The number of halogens is 2. The number of rotatable bonds is 11. The number of carbonyl (C=O) groups is 1. The van der Waals surface area contributed by atoms with Gasteiger partial charge in [-0.1, -0.05) is 41.4 Å². The number of nitrogens with zero attached hydrogens (tertiary/aromatic N) is 1. The molecule has 2 N–H and O–H groups in total. The molecule has 4 rings (SSSR count). The van der Waals surface area contributed by atoms with Crippen LogP contribution in [0.15, 0.2) is 95.9 Å². The maximum absolute atomic E-state index is 12.8. The van der Waals surface area contributed by atoms with E-state index >= 15 is 0 Å². The van der Waals surface area contributed by atoms with Crippen LogP contribution in [0.5, 0.6) is 5.75 Å². The van der Waals surface area contributed by atoms with Gasteiger partial charge in [0.25, 0.3) is 15.9 Å². The fourth-order valence-electron chi connectivity index (χ4n) is 3.91. The van der Waals surface area contributed by atoms with Gasteiger partial charge in [-0.3, -0.25) is 13.8 Å². The molecule has 0 spiro atoms. The average molecular weight is 649 g/mol. The molecule has 42 heavy (non-hydrogen) atoms. The predicted octanol–water partition coefficient (Wildman–Crippen LogP) is 6.41. The molecule has 0 aliphatic rings. The Balaban J connectivity index is 1.41. The van der Waals surface area contributed by atoms with Gasteiger partial charge in [0.1, 0.15) is 5.75 Å². The fourth-order valence-corrected chi connectivity index (χ4v) is 6.31. The van der Waals surface area contributed by atoms with Crippen molar-refractivity contribution in [1.29, 1.82) is 0 Å². The normalized spacial score (nSPS) is 11.5. The lowest BCUT2D eigenvalue weighted by molar-refractivity contribution is 0.102. The van der Waals surface area contributed by atoms with Crippen molar-refractivity contribution < 1.29 is 26.4 Å². The third-order valence-electron chi connectivity index (χ3n) is 5.98. The average Bonchev–Trinajstić information content (AvgIpc) is 2.94. The molecule has 0 fully saturated rings. The first-order chi connectivity index (χ1) is 19.9. The van der Waals surface area contributed by atoms with Crippen LogP contribution in [0.3, 0.4) is 0 Å². The standard InChI is InChI=1S/C29H27Cl2N3O6S2/c1-3-40-24-15-11-23(12-16-24)33-42(38,39)25-17-13-22(14-18-25)32-29(35)21-9-7-20(8-10-21)19-34(41(2,36)37)27-6-4-5-26(30)28(27)31/h4-18,33H,3,19H2,1-2H3,(H,32,35). The van der Waals surface area contributed by atoms with Crippen molar-refractivity contribution in [3.63, 3.8) is 0 Å². The lowest BCUT2D eigenvalue weighted by Crippen LogP contribution is -2.29. The highest BCUT2D eigenvalue weighted by Gasteiger charge is 2.22. The molecule has 0 radical (unpaired) electrons. The maximum atomic E-state index is 12.8. The molecule has 0 aliphatic heterocycles. The van der Waals surface area contributed by atoms with Gasteiger partial charge in [-0.15, -0.1) is 0 Å². The molecule has 0 saturated carbocycles. The van der Waals surface area contributed by atoms with E-state index in [1.807, 2.05) is 6.92 Å². The van der Waals surface area contributed by atoms with Crippen LogP contribution < -0.4 is 19.1 Å². The van der Waals surface area contributed by atoms with E-state index in [1.54, 1.807) is 66.7 Å². The molecule has 0 saturated heterocycles. The Kier molecular flexibility index (Phi) is 9.67. The zero-order valence-electron chi connectivity index (χ0n) is 22.5. The molecule has 1 amide bonds. The fraction of sp³-hybridized carbons (Fsp3) is 0.138. The Hall–Kier alpha value is -3.77. The van der Waals surface area contributed by atoms with Crippen LogP contribution in [0.4, 0.5) is 17.1 Å². The minimum absolute atomic E-state index is 0.0222. The van der Waals surface area contributed by atoms with Gasteiger partial charge in [-0.25, -0.2) is 16.8 Å². The van der Waals surface area contributed by atoms with Crippen LogP contribution in [0.1, 0.15) is 22.8 Å². The highest BCUT2D eigenvalue weighted by Crippen LogP contribution is 2.34. The maximum Gasteiger partial charge on any atom is 0.261 e.